The topological polar surface area (TPSA) is 100 Å². The van der Waals surface area contributed by atoms with Crippen molar-refractivity contribution in [2.45, 2.75) is 26.7 Å². The van der Waals surface area contributed by atoms with Gasteiger partial charge in [0.15, 0.2) is 0 Å². The van der Waals surface area contributed by atoms with Gasteiger partial charge in [-0.2, -0.15) is 4.98 Å². The zero-order chi connectivity index (χ0) is 19.4. The maximum absolute atomic E-state index is 12.4. The number of aromatic nitrogens is 3. The molecule has 8 heteroatoms. The van der Waals surface area contributed by atoms with Crippen molar-refractivity contribution >= 4 is 17.8 Å². The average Bonchev–Trinajstić information content (AvgIpc) is 3.22. The van der Waals surface area contributed by atoms with Crippen molar-refractivity contribution in [1.29, 1.82) is 0 Å². The Morgan fingerprint density at radius 2 is 2.11 bits per heavy atom. The molecule has 2 aromatic rings. The van der Waals surface area contributed by atoms with Crippen molar-refractivity contribution in [1.82, 2.24) is 20.1 Å². The van der Waals surface area contributed by atoms with E-state index in [1.54, 1.807) is 12.0 Å². The van der Waals surface area contributed by atoms with Crippen molar-refractivity contribution in [3.63, 3.8) is 0 Å². The third-order valence-electron chi connectivity index (χ3n) is 4.47. The lowest BCUT2D eigenvalue weighted by molar-refractivity contribution is -0.128. The molecular weight excluding hydrogens is 346 g/mol. The summed E-state index contributed by atoms with van der Waals surface area (Å²) in [5, 5.41) is 9.60. The van der Waals surface area contributed by atoms with Gasteiger partial charge in [0, 0.05) is 25.9 Å². The number of carbonyl (C=O) groups excluding carboxylic acids is 2. The second-order valence-corrected chi connectivity index (χ2v) is 7.21. The van der Waals surface area contributed by atoms with Crippen LogP contribution in [0.4, 0.5) is 5.95 Å². The van der Waals surface area contributed by atoms with Crippen molar-refractivity contribution in [2.24, 2.45) is 11.8 Å². The Morgan fingerprint density at radius 3 is 2.78 bits per heavy atom. The number of rotatable bonds is 7. The molecular formula is C19H25N5O3. The summed E-state index contributed by atoms with van der Waals surface area (Å²) in [4.78, 5) is 30.5. The molecule has 2 heterocycles. The number of hydrogen-bond acceptors (Lipinski definition) is 5. The van der Waals surface area contributed by atoms with Crippen molar-refractivity contribution < 1.29 is 14.3 Å². The van der Waals surface area contributed by atoms with Gasteiger partial charge in [0.25, 0.3) is 0 Å². The number of nitrogens with zero attached hydrogens (tertiary/aromatic N) is 3. The number of nitrogens with one attached hydrogen (secondary N) is 2. The van der Waals surface area contributed by atoms with Crippen molar-refractivity contribution in [3.05, 3.63) is 35.7 Å². The van der Waals surface area contributed by atoms with E-state index < -0.39 is 0 Å². The van der Waals surface area contributed by atoms with Crippen LogP contribution in [-0.2, 0) is 16.0 Å². The first kappa shape index (κ1) is 18.9. The molecule has 0 aliphatic carbocycles. The van der Waals surface area contributed by atoms with E-state index in [-0.39, 0.29) is 30.1 Å². The van der Waals surface area contributed by atoms with E-state index in [0.717, 1.165) is 11.3 Å². The fourth-order valence-electron chi connectivity index (χ4n) is 3.14. The quantitative estimate of drug-likeness (QED) is 0.774. The van der Waals surface area contributed by atoms with E-state index in [1.807, 2.05) is 24.3 Å². The van der Waals surface area contributed by atoms with Gasteiger partial charge >= 0.3 is 0 Å². The Bertz CT molecular complexity index is 800. The Balaban J connectivity index is 1.55. The summed E-state index contributed by atoms with van der Waals surface area (Å²) in [7, 11) is 1.63. The van der Waals surface area contributed by atoms with E-state index >= 15 is 0 Å². The number of methoxy groups -OCH3 is 1. The van der Waals surface area contributed by atoms with Crippen molar-refractivity contribution in [3.8, 4) is 5.75 Å². The van der Waals surface area contributed by atoms with Gasteiger partial charge in [0.05, 0.1) is 13.0 Å². The number of hydrogen-bond donors (Lipinski definition) is 2. The number of amides is 2. The summed E-state index contributed by atoms with van der Waals surface area (Å²) in [6, 6.07) is 7.67. The maximum Gasteiger partial charge on any atom is 0.248 e. The van der Waals surface area contributed by atoms with Gasteiger partial charge in [-0.3, -0.25) is 20.0 Å². The van der Waals surface area contributed by atoms with Crippen LogP contribution in [0.3, 0.4) is 0 Å². The summed E-state index contributed by atoms with van der Waals surface area (Å²) in [6.45, 7) is 5.23. The highest BCUT2D eigenvalue weighted by Crippen LogP contribution is 2.20. The first-order valence-corrected chi connectivity index (χ1v) is 9.07. The van der Waals surface area contributed by atoms with Gasteiger partial charge < -0.3 is 9.64 Å². The number of benzene rings is 1. The lowest BCUT2D eigenvalue weighted by Crippen LogP contribution is -2.31. The number of ether oxygens (including phenoxy) is 1. The predicted molar refractivity (Wildman–Crippen MR) is 100 cm³/mol. The molecule has 1 aliphatic heterocycles. The van der Waals surface area contributed by atoms with Gasteiger partial charge in [-0.15, -0.1) is 5.10 Å². The third-order valence-corrected chi connectivity index (χ3v) is 4.47. The van der Waals surface area contributed by atoms with Gasteiger partial charge in [-0.05, 0) is 23.6 Å². The number of anilines is 1. The maximum atomic E-state index is 12.4. The van der Waals surface area contributed by atoms with E-state index in [0.29, 0.717) is 31.3 Å². The van der Waals surface area contributed by atoms with Crippen LogP contribution in [0.2, 0.25) is 0 Å². The van der Waals surface area contributed by atoms with Crippen LogP contribution >= 0.6 is 0 Å². The molecule has 0 spiro atoms. The molecule has 0 unspecified atom stereocenters. The number of carbonyl (C=O) groups is 2. The molecule has 27 heavy (non-hydrogen) atoms. The van der Waals surface area contributed by atoms with Crippen LogP contribution in [0, 0.1) is 11.8 Å². The Kier molecular flexibility index (Phi) is 5.73. The summed E-state index contributed by atoms with van der Waals surface area (Å²) in [5.74, 6) is 1.51. The molecule has 1 aliphatic rings. The first-order chi connectivity index (χ1) is 12.9. The monoisotopic (exact) mass is 371 g/mol. The summed E-state index contributed by atoms with van der Waals surface area (Å²) >= 11 is 0. The van der Waals surface area contributed by atoms with Crippen LogP contribution in [0.1, 0.15) is 31.7 Å². The molecule has 8 nitrogen and oxygen atoms in total. The second-order valence-electron chi connectivity index (χ2n) is 7.21. The summed E-state index contributed by atoms with van der Waals surface area (Å²) < 4.78 is 5.14. The Morgan fingerprint density at radius 1 is 1.37 bits per heavy atom. The fourth-order valence-corrected chi connectivity index (χ4v) is 3.14. The zero-order valence-electron chi connectivity index (χ0n) is 15.9. The highest BCUT2D eigenvalue weighted by molar-refractivity contribution is 5.96. The minimum absolute atomic E-state index is 0.0269. The number of aromatic amines is 1. The van der Waals surface area contributed by atoms with E-state index in [4.69, 9.17) is 4.74 Å². The Hall–Kier alpha value is -2.90. The molecule has 0 radical (unpaired) electrons. The highest BCUT2D eigenvalue weighted by Gasteiger charge is 2.34. The summed E-state index contributed by atoms with van der Waals surface area (Å²) in [5.41, 5.74) is 1.05. The largest absolute Gasteiger partial charge is 0.497 e. The molecule has 144 valence electrons. The van der Waals surface area contributed by atoms with Crippen molar-refractivity contribution in [2.75, 3.05) is 25.5 Å². The van der Waals surface area contributed by atoms with Crippen LogP contribution in [-0.4, -0.2) is 52.1 Å². The fraction of sp³-hybridized carbons (Fsp3) is 0.474. The second kappa shape index (κ2) is 8.20. The van der Waals surface area contributed by atoms with E-state index in [9.17, 15) is 9.59 Å². The average molecular weight is 371 g/mol. The number of likely N-dealkylation sites (tertiary alicyclic amines) is 1. The van der Waals surface area contributed by atoms with E-state index in [2.05, 4.69) is 34.3 Å². The van der Waals surface area contributed by atoms with Crippen LogP contribution in [0.15, 0.2) is 24.3 Å². The SMILES string of the molecule is COc1ccc(Cc2nc(NC(=O)[C@@H]3CC(=O)N(CC(C)C)C3)n[nH]2)cc1. The summed E-state index contributed by atoms with van der Waals surface area (Å²) in [6.07, 6.45) is 0.804. The predicted octanol–water partition coefficient (Wildman–Crippen LogP) is 1.85. The first-order valence-electron chi connectivity index (χ1n) is 9.07. The van der Waals surface area contributed by atoms with Crippen LogP contribution < -0.4 is 10.1 Å². The Labute approximate surface area is 158 Å². The molecule has 1 saturated heterocycles. The number of H-pyrrole nitrogens is 1. The minimum atomic E-state index is -0.361. The molecule has 0 saturated carbocycles. The van der Waals surface area contributed by atoms with Crippen LogP contribution in [0.25, 0.3) is 0 Å². The molecule has 2 amide bonds. The zero-order valence-corrected chi connectivity index (χ0v) is 15.9. The minimum Gasteiger partial charge on any atom is -0.497 e. The molecule has 0 bridgehead atoms. The molecule has 1 fully saturated rings. The molecule has 1 atom stereocenters. The van der Waals surface area contributed by atoms with Gasteiger partial charge in [-0.25, -0.2) is 0 Å². The standard InChI is InChI=1S/C19H25N5O3/c1-12(2)10-24-11-14(9-17(24)25)18(26)21-19-20-16(22-23-19)8-13-4-6-15(27-3)7-5-13/h4-7,12,14H,8-11H2,1-3H3,(H2,20,21,22,23,26)/t14-/m1/s1. The smallest absolute Gasteiger partial charge is 0.248 e. The third kappa shape index (κ3) is 4.84. The van der Waals surface area contributed by atoms with Crippen LogP contribution in [0.5, 0.6) is 5.75 Å². The lowest BCUT2D eigenvalue weighted by atomic mass is 10.1. The highest BCUT2D eigenvalue weighted by atomic mass is 16.5. The van der Waals surface area contributed by atoms with Gasteiger partial charge in [0.2, 0.25) is 17.8 Å². The van der Waals surface area contributed by atoms with E-state index in [1.165, 1.54) is 0 Å². The van der Waals surface area contributed by atoms with Gasteiger partial charge in [-0.1, -0.05) is 26.0 Å². The molecule has 3 rings (SSSR count). The lowest BCUT2D eigenvalue weighted by Gasteiger charge is -2.18. The normalized spacial score (nSPS) is 16.8. The molecule has 2 N–H and O–H groups in total. The molecule has 1 aromatic carbocycles. The molecule has 1 aromatic heterocycles. The van der Waals surface area contributed by atoms with Gasteiger partial charge in [0.1, 0.15) is 11.6 Å².